The fraction of sp³-hybridized carbons (Fsp3) is 0.562. The third-order valence-electron chi connectivity index (χ3n) is 4.67. The van der Waals surface area contributed by atoms with Gasteiger partial charge >= 0.3 is 0 Å². The molecule has 2 aliphatic rings. The zero-order valence-electron chi connectivity index (χ0n) is 12.5. The van der Waals surface area contributed by atoms with Gasteiger partial charge in [-0.1, -0.05) is 12.5 Å². The molecule has 0 radical (unpaired) electrons. The van der Waals surface area contributed by atoms with Crippen LogP contribution in [0, 0.1) is 0 Å². The molecule has 2 fully saturated rings. The number of piperidine rings is 1. The Morgan fingerprint density at radius 2 is 2.19 bits per heavy atom. The van der Waals surface area contributed by atoms with E-state index >= 15 is 0 Å². The summed E-state index contributed by atoms with van der Waals surface area (Å²) in [5, 5.41) is 3.18. The molecule has 2 atom stereocenters. The van der Waals surface area contributed by atoms with Crippen LogP contribution in [0.15, 0.2) is 18.2 Å². The molecule has 0 aromatic heterocycles. The zero-order valence-corrected chi connectivity index (χ0v) is 12.5. The van der Waals surface area contributed by atoms with E-state index in [-0.39, 0.29) is 11.9 Å². The number of para-hydroxylation sites is 1. The summed E-state index contributed by atoms with van der Waals surface area (Å²) in [5.41, 5.74) is 6.89. The second-order valence-electron chi connectivity index (χ2n) is 5.90. The van der Waals surface area contributed by atoms with Crippen molar-refractivity contribution in [3.8, 4) is 5.75 Å². The van der Waals surface area contributed by atoms with Gasteiger partial charge in [0.05, 0.1) is 18.4 Å². The molecule has 1 aromatic rings. The third kappa shape index (κ3) is 2.70. The minimum absolute atomic E-state index is 0.0865. The molecule has 21 heavy (non-hydrogen) atoms. The monoisotopic (exact) mass is 289 g/mol. The van der Waals surface area contributed by atoms with Crippen LogP contribution < -0.4 is 15.8 Å². The average molecular weight is 289 g/mol. The molecule has 3 rings (SSSR count). The molecule has 2 saturated heterocycles. The van der Waals surface area contributed by atoms with Gasteiger partial charge in [0, 0.05) is 18.6 Å². The smallest absolute Gasteiger partial charge is 0.255 e. The van der Waals surface area contributed by atoms with Crippen LogP contribution in [0.3, 0.4) is 0 Å². The highest BCUT2D eigenvalue weighted by molar-refractivity contribution is 5.98. The van der Waals surface area contributed by atoms with E-state index in [4.69, 9.17) is 10.5 Å². The Morgan fingerprint density at radius 3 is 3.00 bits per heavy atom. The van der Waals surface area contributed by atoms with Crippen LogP contribution in [0.4, 0.5) is 5.69 Å². The molecule has 114 valence electrons. The third-order valence-corrected chi connectivity index (χ3v) is 4.67. The van der Waals surface area contributed by atoms with E-state index < -0.39 is 0 Å². The quantitative estimate of drug-likeness (QED) is 0.830. The lowest BCUT2D eigenvalue weighted by Gasteiger charge is -2.32. The van der Waals surface area contributed by atoms with Gasteiger partial charge in [0.2, 0.25) is 0 Å². The highest BCUT2D eigenvalue weighted by Gasteiger charge is 2.36. The van der Waals surface area contributed by atoms with Crippen molar-refractivity contribution in [3.05, 3.63) is 23.8 Å². The first-order valence-electron chi connectivity index (χ1n) is 7.68. The number of rotatable bonds is 3. The zero-order chi connectivity index (χ0) is 14.8. The number of benzene rings is 1. The predicted octanol–water partition coefficient (Wildman–Crippen LogP) is 1.63. The summed E-state index contributed by atoms with van der Waals surface area (Å²) in [6.45, 7) is 2.25. The lowest BCUT2D eigenvalue weighted by atomic mass is 9.98. The van der Waals surface area contributed by atoms with E-state index in [1.54, 1.807) is 25.3 Å². The number of anilines is 1. The van der Waals surface area contributed by atoms with E-state index in [0.29, 0.717) is 23.0 Å². The lowest BCUT2D eigenvalue weighted by Crippen LogP contribution is -2.46. The number of carbonyl (C=O) groups is 1. The molecule has 0 bridgehead atoms. The number of nitrogens with zero attached hydrogens (tertiary/aromatic N) is 1. The number of carbonyl (C=O) groups excluding carboxylic acids is 1. The second-order valence-corrected chi connectivity index (χ2v) is 5.90. The van der Waals surface area contributed by atoms with Gasteiger partial charge in [0.1, 0.15) is 0 Å². The van der Waals surface area contributed by atoms with Crippen molar-refractivity contribution in [1.29, 1.82) is 0 Å². The molecule has 5 heteroatoms. The minimum Gasteiger partial charge on any atom is -0.494 e. The van der Waals surface area contributed by atoms with Crippen LogP contribution in [-0.4, -0.2) is 43.1 Å². The van der Waals surface area contributed by atoms with Gasteiger partial charge in [-0.15, -0.1) is 0 Å². The van der Waals surface area contributed by atoms with Gasteiger partial charge in [-0.2, -0.15) is 0 Å². The van der Waals surface area contributed by atoms with E-state index in [0.717, 1.165) is 13.0 Å². The van der Waals surface area contributed by atoms with Crippen molar-refractivity contribution in [1.82, 2.24) is 10.2 Å². The predicted molar refractivity (Wildman–Crippen MR) is 82.5 cm³/mol. The number of nitrogens with one attached hydrogen (secondary N) is 1. The number of ether oxygens (including phenoxy) is 1. The van der Waals surface area contributed by atoms with Crippen molar-refractivity contribution in [2.24, 2.45) is 0 Å². The molecule has 0 saturated carbocycles. The Hall–Kier alpha value is -1.75. The Bertz CT molecular complexity index is 532. The largest absolute Gasteiger partial charge is 0.494 e. The Balaban J connectivity index is 1.73. The molecule has 0 spiro atoms. The highest BCUT2D eigenvalue weighted by atomic mass is 16.5. The van der Waals surface area contributed by atoms with E-state index in [1.807, 2.05) is 0 Å². The molecule has 0 aliphatic carbocycles. The first-order chi connectivity index (χ1) is 10.2. The molecule has 2 unspecified atom stereocenters. The van der Waals surface area contributed by atoms with Gasteiger partial charge < -0.3 is 15.8 Å². The second kappa shape index (κ2) is 5.93. The molecule has 5 nitrogen and oxygen atoms in total. The number of hydrogen-bond acceptors (Lipinski definition) is 4. The van der Waals surface area contributed by atoms with Crippen molar-refractivity contribution < 1.29 is 9.53 Å². The van der Waals surface area contributed by atoms with Gasteiger partial charge in [-0.25, -0.2) is 0 Å². The number of nitrogen functional groups attached to an aromatic ring is 1. The van der Waals surface area contributed by atoms with Gasteiger partial charge in [-0.3, -0.25) is 9.69 Å². The first kappa shape index (κ1) is 14.2. The minimum atomic E-state index is -0.0865. The van der Waals surface area contributed by atoms with E-state index in [2.05, 4.69) is 10.2 Å². The van der Waals surface area contributed by atoms with E-state index in [9.17, 15) is 4.79 Å². The van der Waals surface area contributed by atoms with Crippen LogP contribution in [-0.2, 0) is 0 Å². The summed E-state index contributed by atoms with van der Waals surface area (Å²) in [6.07, 6.45) is 4.75. The van der Waals surface area contributed by atoms with Crippen molar-refractivity contribution >= 4 is 11.6 Å². The maximum atomic E-state index is 12.5. The van der Waals surface area contributed by atoms with Crippen LogP contribution in [0.5, 0.6) is 5.75 Å². The maximum absolute atomic E-state index is 12.5. The van der Waals surface area contributed by atoms with Crippen molar-refractivity contribution in [3.63, 3.8) is 0 Å². The fourth-order valence-corrected chi connectivity index (χ4v) is 3.62. The van der Waals surface area contributed by atoms with Crippen LogP contribution >= 0.6 is 0 Å². The van der Waals surface area contributed by atoms with Crippen molar-refractivity contribution in [2.45, 2.75) is 37.8 Å². The molecular formula is C16H23N3O2. The first-order valence-corrected chi connectivity index (χ1v) is 7.68. The summed E-state index contributed by atoms with van der Waals surface area (Å²) in [5.74, 6) is 0.380. The molecule has 1 amide bonds. The number of methoxy groups -OCH3 is 1. The molecule has 1 aromatic carbocycles. The maximum Gasteiger partial charge on any atom is 0.255 e. The number of amides is 1. The van der Waals surface area contributed by atoms with Crippen LogP contribution in [0.2, 0.25) is 0 Å². The number of nitrogens with two attached hydrogens (primary N) is 1. The summed E-state index contributed by atoms with van der Waals surface area (Å²) in [4.78, 5) is 15.0. The van der Waals surface area contributed by atoms with Gasteiger partial charge in [0.25, 0.3) is 5.91 Å². The Labute approximate surface area is 125 Å². The summed E-state index contributed by atoms with van der Waals surface area (Å²) < 4.78 is 5.27. The molecule has 3 N–H and O–H groups in total. The summed E-state index contributed by atoms with van der Waals surface area (Å²) in [7, 11) is 1.54. The molecule has 2 aliphatic heterocycles. The topological polar surface area (TPSA) is 67.6 Å². The summed E-state index contributed by atoms with van der Waals surface area (Å²) in [6, 6.07) is 6.03. The Morgan fingerprint density at radius 1 is 1.33 bits per heavy atom. The van der Waals surface area contributed by atoms with Crippen LogP contribution in [0.1, 0.15) is 36.0 Å². The highest BCUT2D eigenvalue weighted by Crippen LogP contribution is 2.29. The fourth-order valence-electron chi connectivity index (χ4n) is 3.62. The number of hydrogen-bond donors (Lipinski definition) is 2. The van der Waals surface area contributed by atoms with E-state index in [1.165, 1.54) is 25.8 Å². The Kier molecular flexibility index (Phi) is 4.01. The standard InChI is InChI=1S/C16H23N3O2/c1-21-15-11(5-4-6-12(15)17)16(20)18-13-8-10-19-9-3-2-7-14(13)19/h4-6,13-14H,2-3,7-10,17H2,1H3,(H,18,20). The molecule has 2 heterocycles. The molecular weight excluding hydrogens is 266 g/mol. The van der Waals surface area contributed by atoms with Gasteiger partial charge in [0.15, 0.2) is 5.75 Å². The average Bonchev–Trinajstić information content (AvgIpc) is 2.90. The van der Waals surface area contributed by atoms with Crippen LogP contribution in [0.25, 0.3) is 0 Å². The van der Waals surface area contributed by atoms with Gasteiger partial charge in [-0.05, 0) is 37.9 Å². The number of fused-ring (bicyclic) bond motifs is 1. The van der Waals surface area contributed by atoms with Crippen molar-refractivity contribution in [2.75, 3.05) is 25.9 Å². The summed E-state index contributed by atoms with van der Waals surface area (Å²) >= 11 is 0. The normalized spacial score (nSPS) is 25.4. The SMILES string of the molecule is COc1c(N)cccc1C(=O)NC1CCN2CCCCC12. The lowest BCUT2D eigenvalue weighted by molar-refractivity contribution is 0.0912.